The van der Waals surface area contributed by atoms with Gasteiger partial charge in [-0.2, -0.15) is 5.21 Å². The van der Waals surface area contributed by atoms with Crippen molar-refractivity contribution in [2.45, 2.75) is 38.3 Å². The third-order valence-electron chi connectivity index (χ3n) is 2.69. The Hall–Kier alpha value is -1.06. The molecule has 0 spiro atoms. The summed E-state index contributed by atoms with van der Waals surface area (Å²) in [5.74, 6) is 0.478. The van der Waals surface area contributed by atoms with E-state index in [4.69, 9.17) is 0 Å². The highest BCUT2D eigenvalue weighted by molar-refractivity contribution is 7.89. The molecule has 0 amide bonds. The van der Waals surface area contributed by atoms with Crippen molar-refractivity contribution < 1.29 is 8.42 Å². The summed E-state index contributed by atoms with van der Waals surface area (Å²) in [6.45, 7) is 0.976. The minimum atomic E-state index is -3.24. The second-order valence-corrected chi connectivity index (χ2v) is 6.33. The number of rotatable bonds is 9. The average molecular weight is 274 g/mol. The molecule has 8 nitrogen and oxygen atoms in total. The molecule has 0 unspecified atom stereocenters. The zero-order chi connectivity index (χ0) is 12.8. The molecule has 18 heavy (non-hydrogen) atoms. The number of nitrogens with zero attached hydrogens (tertiary/aromatic N) is 3. The third-order valence-corrected chi connectivity index (χ3v) is 4.10. The summed E-state index contributed by atoms with van der Waals surface area (Å²) in [7, 11) is -3.24. The molecule has 0 bridgehead atoms. The Balaban J connectivity index is 1.57. The van der Waals surface area contributed by atoms with Crippen LogP contribution in [0.25, 0.3) is 0 Å². The van der Waals surface area contributed by atoms with Gasteiger partial charge in [0.2, 0.25) is 10.0 Å². The van der Waals surface area contributed by atoms with E-state index in [1.54, 1.807) is 0 Å². The normalized spacial score (nSPS) is 16.0. The first-order valence-electron chi connectivity index (χ1n) is 6.09. The summed E-state index contributed by atoms with van der Waals surface area (Å²) in [5.41, 5.74) is 0. The molecule has 0 saturated heterocycles. The highest BCUT2D eigenvalue weighted by atomic mass is 32.2. The lowest BCUT2D eigenvalue weighted by atomic mass is 10.3. The van der Waals surface area contributed by atoms with Gasteiger partial charge in [-0.05, 0) is 32.2 Å². The maximum absolute atomic E-state index is 11.6. The van der Waals surface area contributed by atoms with Gasteiger partial charge in [0.15, 0.2) is 5.82 Å². The van der Waals surface area contributed by atoms with Crippen molar-refractivity contribution in [1.29, 1.82) is 0 Å². The minimum absolute atomic E-state index is 0.0825. The molecule has 1 saturated carbocycles. The summed E-state index contributed by atoms with van der Waals surface area (Å²) in [6.07, 6.45) is 4.04. The van der Waals surface area contributed by atoms with Crippen LogP contribution in [0.15, 0.2) is 0 Å². The van der Waals surface area contributed by atoms with Crippen molar-refractivity contribution in [3.05, 3.63) is 5.82 Å². The number of H-pyrrole nitrogens is 1. The van der Waals surface area contributed by atoms with Crippen LogP contribution in [0.4, 0.5) is 0 Å². The van der Waals surface area contributed by atoms with E-state index in [1.165, 1.54) is 12.8 Å². The number of nitrogens with one attached hydrogen (secondary N) is 3. The van der Waals surface area contributed by atoms with E-state index in [2.05, 4.69) is 30.7 Å². The molecule has 0 aromatic carbocycles. The lowest BCUT2D eigenvalue weighted by Gasteiger charge is -2.05. The van der Waals surface area contributed by atoms with Gasteiger partial charge in [-0.25, -0.2) is 13.1 Å². The largest absolute Gasteiger partial charge is 0.314 e. The predicted octanol–water partition coefficient (Wildman–Crippen LogP) is -0.849. The number of hydrogen-bond donors (Lipinski definition) is 3. The highest BCUT2D eigenvalue weighted by Crippen LogP contribution is 2.18. The summed E-state index contributed by atoms with van der Waals surface area (Å²) >= 11 is 0. The smallest absolute Gasteiger partial charge is 0.212 e. The Labute approximate surface area is 106 Å². The number of unbranched alkanes of at least 4 members (excludes halogenated alkanes) is 1. The van der Waals surface area contributed by atoms with Crippen LogP contribution in [-0.2, 0) is 16.6 Å². The zero-order valence-corrected chi connectivity index (χ0v) is 10.9. The summed E-state index contributed by atoms with van der Waals surface area (Å²) < 4.78 is 25.7. The van der Waals surface area contributed by atoms with E-state index in [9.17, 15) is 8.42 Å². The quantitative estimate of drug-likeness (QED) is 0.506. The summed E-state index contributed by atoms with van der Waals surface area (Å²) in [4.78, 5) is 0. The molecule has 1 heterocycles. The first-order chi connectivity index (χ1) is 8.66. The molecule has 1 aromatic rings. The fraction of sp³-hybridized carbons (Fsp3) is 0.889. The number of aromatic amines is 1. The molecule has 1 aliphatic rings. The van der Waals surface area contributed by atoms with E-state index >= 15 is 0 Å². The van der Waals surface area contributed by atoms with Crippen LogP contribution in [0.2, 0.25) is 0 Å². The fourth-order valence-corrected chi connectivity index (χ4v) is 2.59. The Morgan fingerprint density at radius 3 is 2.83 bits per heavy atom. The molecular weight excluding hydrogens is 256 g/mol. The monoisotopic (exact) mass is 274 g/mol. The zero-order valence-electron chi connectivity index (χ0n) is 10.1. The van der Waals surface area contributed by atoms with E-state index in [1.807, 2.05) is 0 Å². The molecular formula is C9H18N6O2S. The van der Waals surface area contributed by atoms with Gasteiger partial charge >= 0.3 is 0 Å². The second-order valence-electron chi connectivity index (χ2n) is 4.40. The van der Waals surface area contributed by atoms with Gasteiger partial charge in [0.1, 0.15) is 0 Å². The van der Waals surface area contributed by atoms with E-state index in [0.717, 1.165) is 13.0 Å². The van der Waals surface area contributed by atoms with Crippen LogP contribution < -0.4 is 10.0 Å². The molecule has 1 aromatic heterocycles. The van der Waals surface area contributed by atoms with Crippen LogP contribution in [-0.4, -0.2) is 47.4 Å². The lowest BCUT2D eigenvalue weighted by molar-refractivity contribution is 0.571. The molecule has 0 atom stereocenters. The standard InChI is InChI=1S/C9H18N6O2S/c16-18(17,11-7-9-12-14-15-13-9)6-2-1-5-10-8-3-4-8/h8,10-11H,1-7H2,(H,12,13,14,15). The third kappa shape index (κ3) is 5.07. The number of hydrogen-bond acceptors (Lipinski definition) is 6. The second kappa shape index (κ2) is 6.21. The number of tetrazole rings is 1. The van der Waals surface area contributed by atoms with Crippen LogP contribution in [0.3, 0.4) is 0 Å². The SMILES string of the molecule is O=S(=O)(CCCCNC1CC1)NCc1nn[nH]n1. The van der Waals surface area contributed by atoms with Gasteiger partial charge in [0, 0.05) is 6.04 Å². The molecule has 102 valence electrons. The summed E-state index contributed by atoms with van der Waals surface area (Å²) in [6, 6.07) is 0.679. The molecule has 1 fully saturated rings. The van der Waals surface area contributed by atoms with Crippen molar-refractivity contribution in [2.75, 3.05) is 12.3 Å². The highest BCUT2D eigenvalue weighted by Gasteiger charge is 2.19. The van der Waals surface area contributed by atoms with Gasteiger partial charge < -0.3 is 5.32 Å². The fourth-order valence-electron chi connectivity index (χ4n) is 1.51. The topological polar surface area (TPSA) is 113 Å². The van der Waals surface area contributed by atoms with E-state index in [-0.39, 0.29) is 12.3 Å². The lowest BCUT2D eigenvalue weighted by Crippen LogP contribution is -2.27. The van der Waals surface area contributed by atoms with Crippen LogP contribution in [0, 0.1) is 0 Å². The van der Waals surface area contributed by atoms with Crippen molar-refractivity contribution in [3.63, 3.8) is 0 Å². The van der Waals surface area contributed by atoms with Crippen LogP contribution in [0.5, 0.6) is 0 Å². The van der Waals surface area contributed by atoms with Gasteiger partial charge in [0.05, 0.1) is 12.3 Å². The summed E-state index contributed by atoms with van der Waals surface area (Å²) in [5, 5.41) is 16.3. The van der Waals surface area contributed by atoms with E-state index < -0.39 is 10.0 Å². The van der Waals surface area contributed by atoms with Gasteiger partial charge in [-0.1, -0.05) is 5.21 Å². The maximum atomic E-state index is 11.6. The minimum Gasteiger partial charge on any atom is -0.314 e. The van der Waals surface area contributed by atoms with Crippen molar-refractivity contribution in [1.82, 2.24) is 30.7 Å². The Kier molecular flexibility index (Phi) is 4.61. The van der Waals surface area contributed by atoms with Crippen molar-refractivity contribution >= 4 is 10.0 Å². The van der Waals surface area contributed by atoms with Crippen LogP contribution >= 0.6 is 0 Å². The molecule has 2 rings (SSSR count). The van der Waals surface area contributed by atoms with Crippen LogP contribution in [0.1, 0.15) is 31.5 Å². The first-order valence-corrected chi connectivity index (χ1v) is 7.74. The molecule has 1 aliphatic carbocycles. The Morgan fingerprint density at radius 1 is 1.33 bits per heavy atom. The average Bonchev–Trinajstić information content (AvgIpc) is 3.00. The van der Waals surface area contributed by atoms with Crippen molar-refractivity contribution in [3.8, 4) is 0 Å². The molecule has 3 N–H and O–H groups in total. The molecule has 9 heteroatoms. The Morgan fingerprint density at radius 2 is 2.17 bits per heavy atom. The van der Waals surface area contributed by atoms with Gasteiger partial charge in [0.25, 0.3) is 0 Å². The molecule has 0 radical (unpaired) electrons. The maximum Gasteiger partial charge on any atom is 0.212 e. The van der Waals surface area contributed by atoms with Crippen molar-refractivity contribution in [2.24, 2.45) is 0 Å². The number of aromatic nitrogens is 4. The van der Waals surface area contributed by atoms with Gasteiger partial charge in [-0.15, -0.1) is 10.2 Å². The predicted molar refractivity (Wildman–Crippen MR) is 65.1 cm³/mol. The first kappa shape index (κ1) is 13.4. The number of sulfonamides is 1. The Bertz CT molecular complexity index is 442. The van der Waals surface area contributed by atoms with Gasteiger partial charge in [-0.3, -0.25) is 0 Å². The van der Waals surface area contributed by atoms with E-state index in [0.29, 0.717) is 18.3 Å². The molecule has 0 aliphatic heterocycles.